The van der Waals surface area contributed by atoms with Crippen LogP contribution in [0.1, 0.15) is 35.6 Å². The van der Waals surface area contributed by atoms with E-state index in [4.69, 9.17) is 4.74 Å². The third-order valence-electron chi connectivity index (χ3n) is 4.19. The second kappa shape index (κ2) is 11.8. The number of rotatable bonds is 10. The number of aromatic nitrogens is 1. The second-order valence-electron chi connectivity index (χ2n) is 6.59. The van der Waals surface area contributed by atoms with Gasteiger partial charge in [0.1, 0.15) is 0 Å². The number of anilines is 2. The number of carbonyl (C=O) groups is 3. The molecule has 32 heavy (non-hydrogen) atoms. The molecule has 3 aromatic rings. The zero-order chi connectivity index (χ0) is 22.9. The molecule has 1 aromatic carbocycles. The average Bonchev–Trinajstić information content (AvgIpc) is 3.45. The largest absolute Gasteiger partial charge is 0.466 e. The molecular weight excluding hydrogens is 466 g/mol. The summed E-state index contributed by atoms with van der Waals surface area (Å²) in [7, 11) is 0. The third-order valence-corrected chi connectivity index (χ3v) is 7.22. The van der Waals surface area contributed by atoms with Crippen molar-refractivity contribution in [3.63, 3.8) is 0 Å². The van der Waals surface area contributed by atoms with Gasteiger partial charge in [-0.15, -0.1) is 34.4 Å². The molecule has 0 fully saturated rings. The fourth-order valence-corrected chi connectivity index (χ4v) is 5.07. The minimum absolute atomic E-state index is 0.0795. The monoisotopic (exact) mass is 489 g/mol. The van der Waals surface area contributed by atoms with Crippen molar-refractivity contribution >= 4 is 63.0 Å². The minimum Gasteiger partial charge on any atom is -0.466 e. The lowest BCUT2D eigenvalue weighted by atomic mass is 10.3. The molecule has 3 rings (SSSR count). The number of hydrogen-bond donors (Lipinski definition) is 2. The first-order valence-electron chi connectivity index (χ1n) is 10.0. The van der Waals surface area contributed by atoms with Crippen LogP contribution in [-0.4, -0.2) is 34.6 Å². The zero-order valence-corrected chi connectivity index (χ0v) is 20.1. The summed E-state index contributed by atoms with van der Waals surface area (Å²) in [5, 5.41) is 9.42. The third kappa shape index (κ3) is 6.91. The van der Waals surface area contributed by atoms with Crippen LogP contribution in [0.4, 0.5) is 10.8 Å². The van der Waals surface area contributed by atoms with Crippen LogP contribution in [-0.2, 0) is 20.7 Å². The van der Waals surface area contributed by atoms with E-state index in [2.05, 4.69) is 15.6 Å². The maximum atomic E-state index is 12.8. The fraction of sp³-hybridized carbons (Fsp3) is 0.273. The highest BCUT2D eigenvalue weighted by Gasteiger charge is 2.20. The average molecular weight is 490 g/mol. The molecule has 0 aliphatic carbocycles. The van der Waals surface area contributed by atoms with Crippen molar-refractivity contribution in [3.05, 3.63) is 57.7 Å². The molecule has 168 valence electrons. The minimum atomic E-state index is -0.344. The topological polar surface area (TPSA) is 97.4 Å². The Kier molecular flexibility index (Phi) is 8.83. The Bertz CT molecular complexity index is 1070. The molecule has 0 radical (unpaired) electrons. The number of benzene rings is 1. The molecule has 2 N–H and O–H groups in total. The van der Waals surface area contributed by atoms with Crippen molar-refractivity contribution < 1.29 is 19.1 Å². The van der Waals surface area contributed by atoms with E-state index in [0.717, 1.165) is 4.90 Å². The van der Waals surface area contributed by atoms with Crippen LogP contribution in [0.25, 0.3) is 0 Å². The number of nitrogens with zero attached hydrogens (tertiary/aromatic N) is 1. The summed E-state index contributed by atoms with van der Waals surface area (Å²) < 4.78 is 4.92. The van der Waals surface area contributed by atoms with Crippen molar-refractivity contribution in [1.29, 1.82) is 0 Å². The van der Waals surface area contributed by atoms with E-state index < -0.39 is 0 Å². The molecule has 1 unspecified atom stereocenters. The number of carbonyl (C=O) groups excluding carboxylic acids is 3. The summed E-state index contributed by atoms with van der Waals surface area (Å²) in [6.45, 7) is 4.01. The summed E-state index contributed by atoms with van der Waals surface area (Å²) in [5.41, 5.74) is 1.24. The highest BCUT2D eigenvalue weighted by atomic mass is 32.2. The summed E-state index contributed by atoms with van der Waals surface area (Å²) >= 11 is 4.07. The molecule has 0 saturated carbocycles. The summed E-state index contributed by atoms with van der Waals surface area (Å²) in [5.74, 6) is -0.666. The van der Waals surface area contributed by atoms with Crippen LogP contribution < -0.4 is 10.6 Å². The van der Waals surface area contributed by atoms with E-state index in [1.807, 2.05) is 42.6 Å². The first-order valence-corrected chi connectivity index (χ1v) is 12.6. The van der Waals surface area contributed by atoms with E-state index >= 15 is 0 Å². The van der Waals surface area contributed by atoms with Gasteiger partial charge in [-0.05, 0) is 43.0 Å². The highest BCUT2D eigenvalue weighted by molar-refractivity contribution is 8.00. The molecule has 2 aromatic heterocycles. The first kappa shape index (κ1) is 24.0. The maximum Gasteiger partial charge on any atom is 0.311 e. The Hall–Kier alpha value is -2.69. The van der Waals surface area contributed by atoms with E-state index in [1.165, 1.54) is 34.4 Å². The number of nitrogens with one attached hydrogen (secondary N) is 2. The fourth-order valence-electron chi connectivity index (χ4n) is 2.73. The standard InChI is InChI=1S/C22H23N3O4S3/c1-3-17(20(27)25-22-24-15(13-31-22)12-19(26)29-4-2)32-16-8-5-7-14(11-16)23-21(28)18-9-6-10-30-18/h5-11,13,17H,3-4,12H2,1-2H3,(H,23,28)(H,24,25,27). The molecule has 0 bridgehead atoms. The van der Waals surface area contributed by atoms with Gasteiger partial charge in [-0.1, -0.05) is 19.1 Å². The van der Waals surface area contributed by atoms with Gasteiger partial charge in [0.15, 0.2) is 5.13 Å². The number of amides is 2. The second-order valence-corrected chi connectivity index (χ2v) is 9.67. The van der Waals surface area contributed by atoms with Crippen LogP contribution in [0, 0.1) is 0 Å². The van der Waals surface area contributed by atoms with Gasteiger partial charge in [0.05, 0.1) is 28.8 Å². The van der Waals surface area contributed by atoms with Crippen molar-refractivity contribution in [2.75, 3.05) is 17.2 Å². The van der Waals surface area contributed by atoms with Crippen molar-refractivity contribution in [2.24, 2.45) is 0 Å². The van der Waals surface area contributed by atoms with E-state index in [-0.39, 0.29) is 29.5 Å². The Morgan fingerprint density at radius 1 is 1.12 bits per heavy atom. The lowest BCUT2D eigenvalue weighted by Gasteiger charge is -2.14. The number of thioether (sulfide) groups is 1. The molecule has 10 heteroatoms. The summed E-state index contributed by atoms with van der Waals surface area (Å²) in [6.07, 6.45) is 0.694. The quantitative estimate of drug-likeness (QED) is 0.305. The van der Waals surface area contributed by atoms with Gasteiger partial charge in [-0.3, -0.25) is 14.4 Å². The number of esters is 1. The molecule has 0 aliphatic heterocycles. The smallest absolute Gasteiger partial charge is 0.311 e. The van der Waals surface area contributed by atoms with Gasteiger partial charge in [0.2, 0.25) is 5.91 Å². The van der Waals surface area contributed by atoms with Crippen LogP contribution in [0.5, 0.6) is 0 Å². The highest BCUT2D eigenvalue weighted by Crippen LogP contribution is 2.29. The number of ether oxygens (including phenoxy) is 1. The van der Waals surface area contributed by atoms with E-state index in [9.17, 15) is 14.4 Å². The Labute approximate surface area is 198 Å². The molecule has 1 atom stereocenters. The normalized spacial score (nSPS) is 11.6. The predicted molar refractivity (Wildman–Crippen MR) is 130 cm³/mol. The molecule has 0 aliphatic rings. The SMILES string of the molecule is CCOC(=O)Cc1csc(NC(=O)C(CC)Sc2cccc(NC(=O)c3cccs3)c2)n1. The molecule has 2 heterocycles. The Morgan fingerprint density at radius 3 is 2.69 bits per heavy atom. The number of hydrogen-bond acceptors (Lipinski definition) is 8. The van der Waals surface area contributed by atoms with Crippen LogP contribution >= 0.6 is 34.4 Å². The number of thiophene rings is 1. The van der Waals surface area contributed by atoms with Crippen molar-refractivity contribution in [3.8, 4) is 0 Å². The molecule has 2 amide bonds. The van der Waals surface area contributed by atoms with E-state index in [0.29, 0.717) is 34.4 Å². The molecule has 0 saturated heterocycles. The molecular formula is C22H23N3O4S3. The zero-order valence-electron chi connectivity index (χ0n) is 17.6. The summed E-state index contributed by atoms with van der Waals surface area (Å²) in [4.78, 5) is 42.4. The lowest BCUT2D eigenvalue weighted by molar-refractivity contribution is -0.142. The Morgan fingerprint density at radius 2 is 1.97 bits per heavy atom. The predicted octanol–water partition coefficient (Wildman–Crippen LogP) is 5.07. The first-order chi connectivity index (χ1) is 15.5. The van der Waals surface area contributed by atoms with Gasteiger partial charge in [0, 0.05) is 16.0 Å². The lowest BCUT2D eigenvalue weighted by Crippen LogP contribution is -2.24. The van der Waals surface area contributed by atoms with Crippen LogP contribution in [0.3, 0.4) is 0 Å². The van der Waals surface area contributed by atoms with Gasteiger partial charge < -0.3 is 15.4 Å². The van der Waals surface area contributed by atoms with Crippen LogP contribution in [0.2, 0.25) is 0 Å². The Balaban J connectivity index is 1.59. The van der Waals surface area contributed by atoms with Gasteiger partial charge in [-0.2, -0.15) is 0 Å². The van der Waals surface area contributed by atoms with Gasteiger partial charge in [-0.25, -0.2) is 4.98 Å². The van der Waals surface area contributed by atoms with Gasteiger partial charge >= 0.3 is 5.97 Å². The number of thiazole rings is 1. The van der Waals surface area contributed by atoms with Crippen LogP contribution in [0.15, 0.2) is 52.1 Å². The van der Waals surface area contributed by atoms with E-state index in [1.54, 1.807) is 18.4 Å². The molecule has 0 spiro atoms. The van der Waals surface area contributed by atoms with Crippen molar-refractivity contribution in [2.45, 2.75) is 36.8 Å². The van der Waals surface area contributed by atoms with Crippen molar-refractivity contribution in [1.82, 2.24) is 4.98 Å². The molecule has 7 nitrogen and oxygen atoms in total. The van der Waals surface area contributed by atoms with Gasteiger partial charge in [0.25, 0.3) is 5.91 Å². The maximum absolute atomic E-state index is 12.8. The summed E-state index contributed by atoms with van der Waals surface area (Å²) in [6, 6.07) is 11.0.